The molecule has 178 valence electrons. The summed E-state index contributed by atoms with van der Waals surface area (Å²) in [6.45, 7) is 3.82. The van der Waals surface area contributed by atoms with Crippen LogP contribution in [0, 0.1) is 5.82 Å². The first-order chi connectivity index (χ1) is 16.4. The van der Waals surface area contributed by atoms with Crippen LogP contribution in [0.3, 0.4) is 0 Å². The lowest BCUT2D eigenvalue weighted by molar-refractivity contribution is -0.126. The molecule has 0 aliphatic carbocycles. The summed E-state index contributed by atoms with van der Waals surface area (Å²) in [6.07, 6.45) is 2.30. The average Bonchev–Trinajstić information content (AvgIpc) is 3.22. The zero-order valence-corrected chi connectivity index (χ0v) is 18.9. The van der Waals surface area contributed by atoms with Crippen LogP contribution in [-0.2, 0) is 14.3 Å². The second-order valence-corrected chi connectivity index (χ2v) is 8.25. The van der Waals surface area contributed by atoms with Crippen LogP contribution < -0.4 is 15.1 Å². The Morgan fingerprint density at radius 3 is 2.53 bits per heavy atom. The average molecular weight is 467 g/mol. The van der Waals surface area contributed by atoms with Gasteiger partial charge in [-0.3, -0.25) is 14.5 Å². The first-order valence-corrected chi connectivity index (χ1v) is 11.2. The van der Waals surface area contributed by atoms with E-state index in [1.165, 1.54) is 17.9 Å². The van der Waals surface area contributed by atoms with Gasteiger partial charge in [0.05, 0.1) is 24.5 Å². The van der Waals surface area contributed by atoms with Crippen molar-refractivity contribution >= 4 is 35.4 Å². The number of nitrogens with one attached hydrogen (secondary N) is 1. The molecule has 9 heteroatoms. The standard InChI is InChI=1S/C25H27FN4O4/c1-18(31)27-16-21-17-30(25(33)34-21)20-8-9-23(22(26)15-20)28-11-13-29(14-12-28)24(32)10-7-19-5-3-2-4-6-19/h2-10,15,21H,11-14,16-17H2,1H3,(H,27,31)/b10-7+/t21-/m0/s1. The van der Waals surface area contributed by atoms with Gasteiger partial charge in [0.15, 0.2) is 0 Å². The van der Waals surface area contributed by atoms with Crippen molar-refractivity contribution in [3.63, 3.8) is 0 Å². The fourth-order valence-corrected chi connectivity index (χ4v) is 4.02. The molecule has 2 aliphatic heterocycles. The van der Waals surface area contributed by atoms with Crippen molar-refractivity contribution in [2.75, 3.05) is 49.1 Å². The molecule has 1 N–H and O–H groups in total. The Morgan fingerprint density at radius 1 is 1.12 bits per heavy atom. The van der Waals surface area contributed by atoms with E-state index in [2.05, 4.69) is 5.32 Å². The molecule has 0 saturated carbocycles. The molecule has 2 fully saturated rings. The lowest BCUT2D eigenvalue weighted by atomic mass is 10.2. The third-order valence-electron chi connectivity index (χ3n) is 5.85. The van der Waals surface area contributed by atoms with Gasteiger partial charge >= 0.3 is 6.09 Å². The number of piperazine rings is 1. The molecule has 2 aromatic carbocycles. The van der Waals surface area contributed by atoms with Crippen molar-refractivity contribution in [2.45, 2.75) is 13.0 Å². The van der Waals surface area contributed by atoms with E-state index in [1.807, 2.05) is 35.2 Å². The number of hydrogen-bond acceptors (Lipinski definition) is 5. The Hall–Kier alpha value is -3.88. The fourth-order valence-electron chi connectivity index (χ4n) is 4.02. The molecule has 2 aliphatic rings. The van der Waals surface area contributed by atoms with Crippen LogP contribution in [0.25, 0.3) is 6.08 Å². The number of ether oxygens (including phenoxy) is 1. The summed E-state index contributed by atoms with van der Waals surface area (Å²) in [5.74, 6) is -0.723. The highest BCUT2D eigenvalue weighted by molar-refractivity contribution is 5.92. The van der Waals surface area contributed by atoms with Crippen molar-refractivity contribution in [3.05, 3.63) is 66.0 Å². The van der Waals surface area contributed by atoms with Gasteiger partial charge in [-0.15, -0.1) is 0 Å². The third-order valence-corrected chi connectivity index (χ3v) is 5.85. The van der Waals surface area contributed by atoms with E-state index in [4.69, 9.17) is 4.74 Å². The first-order valence-electron chi connectivity index (χ1n) is 11.2. The normalized spacial score (nSPS) is 18.4. The zero-order chi connectivity index (χ0) is 24.1. The van der Waals surface area contributed by atoms with E-state index in [1.54, 1.807) is 29.2 Å². The van der Waals surface area contributed by atoms with Crippen molar-refractivity contribution in [2.24, 2.45) is 0 Å². The first kappa shape index (κ1) is 23.3. The molecular weight excluding hydrogens is 439 g/mol. The van der Waals surface area contributed by atoms with E-state index in [0.29, 0.717) is 37.6 Å². The van der Waals surface area contributed by atoms with Crippen LogP contribution in [0.15, 0.2) is 54.6 Å². The van der Waals surface area contributed by atoms with Crippen molar-refractivity contribution < 1.29 is 23.5 Å². The van der Waals surface area contributed by atoms with E-state index in [0.717, 1.165) is 5.56 Å². The van der Waals surface area contributed by atoms with Crippen LogP contribution >= 0.6 is 0 Å². The summed E-state index contributed by atoms with van der Waals surface area (Å²) >= 11 is 0. The van der Waals surface area contributed by atoms with E-state index < -0.39 is 18.0 Å². The van der Waals surface area contributed by atoms with E-state index >= 15 is 0 Å². The summed E-state index contributed by atoms with van der Waals surface area (Å²) in [4.78, 5) is 40.7. The Bertz CT molecular complexity index is 1080. The fraction of sp³-hybridized carbons (Fsp3) is 0.320. The molecule has 2 saturated heterocycles. The Labute approximate surface area is 197 Å². The highest BCUT2D eigenvalue weighted by Gasteiger charge is 2.33. The van der Waals surface area contributed by atoms with E-state index in [9.17, 15) is 18.8 Å². The molecule has 0 bridgehead atoms. The maximum Gasteiger partial charge on any atom is 0.414 e. The van der Waals surface area contributed by atoms with Crippen LogP contribution in [0.1, 0.15) is 12.5 Å². The highest BCUT2D eigenvalue weighted by atomic mass is 19.1. The van der Waals surface area contributed by atoms with Crippen LogP contribution in [0.2, 0.25) is 0 Å². The molecule has 8 nitrogen and oxygen atoms in total. The predicted octanol–water partition coefficient (Wildman–Crippen LogP) is 2.65. The summed E-state index contributed by atoms with van der Waals surface area (Å²) in [6, 6.07) is 14.3. The topological polar surface area (TPSA) is 82.2 Å². The number of rotatable bonds is 6. The minimum Gasteiger partial charge on any atom is -0.442 e. The van der Waals surface area contributed by atoms with Gasteiger partial charge in [0.1, 0.15) is 11.9 Å². The van der Waals surface area contributed by atoms with Gasteiger partial charge in [0.25, 0.3) is 0 Å². The summed E-state index contributed by atoms with van der Waals surface area (Å²) in [7, 11) is 0. The Balaban J connectivity index is 1.33. The van der Waals surface area contributed by atoms with Crippen LogP contribution in [-0.4, -0.2) is 68.2 Å². The van der Waals surface area contributed by atoms with Crippen molar-refractivity contribution in [1.82, 2.24) is 10.2 Å². The van der Waals surface area contributed by atoms with Crippen LogP contribution in [0.5, 0.6) is 0 Å². The molecule has 0 aromatic heterocycles. The molecular formula is C25H27FN4O4. The van der Waals surface area contributed by atoms with Gasteiger partial charge in [-0.1, -0.05) is 30.3 Å². The molecule has 0 unspecified atom stereocenters. The molecule has 34 heavy (non-hydrogen) atoms. The van der Waals surface area contributed by atoms with Gasteiger partial charge in [0, 0.05) is 39.2 Å². The van der Waals surface area contributed by atoms with Gasteiger partial charge < -0.3 is 19.9 Å². The lowest BCUT2D eigenvalue weighted by Gasteiger charge is -2.36. The van der Waals surface area contributed by atoms with E-state index in [-0.39, 0.29) is 24.9 Å². The van der Waals surface area contributed by atoms with Gasteiger partial charge in [0.2, 0.25) is 11.8 Å². The molecule has 1 atom stereocenters. The molecule has 2 aromatic rings. The minimum atomic E-state index is -0.571. The lowest BCUT2D eigenvalue weighted by Crippen LogP contribution is -2.48. The number of cyclic esters (lactones) is 1. The van der Waals surface area contributed by atoms with Crippen molar-refractivity contribution in [1.29, 1.82) is 0 Å². The summed E-state index contributed by atoms with van der Waals surface area (Å²) in [5, 5.41) is 2.62. The molecule has 0 spiro atoms. The SMILES string of the molecule is CC(=O)NC[C@H]1CN(c2ccc(N3CCN(C(=O)/C=C/c4ccccc4)CC3)c(F)c2)C(=O)O1. The van der Waals surface area contributed by atoms with Crippen LogP contribution in [0.4, 0.5) is 20.6 Å². The van der Waals surface area contributed by atoms with Gasteiger partial charge in [-0.25, -0.2) is 9.18 Å². The number of anilines is 2. The van der Waals surface area contributed by atoms with Gasteiger partial charge in [-0.2, -0.15) is 0 Å². The summed E-state index contributed by atoms with van der Waals surface area (Å²) in [5.41, 5.74) is 1.79. The number of benzene rings is 2. The molecule has 0 radical (unpaired) electrons. The molecule has 3 amide bonds. The van der Waals surface area contributed by atoms with Gasteiger partial charge in [-0.05, 0) is 29.8 Å². The number of carbonyl (C=O) groups excluding carboxylic acids is 3. The second kappa shape index (κ2) is 10.4. The molecule has 2 heterocycles. The largest absolute Gasteiger partial charge is 0.442 e. The number of nitrogens with zero attached hydrogens (tertiary/aromatic N) is 3. The zero-order valence-electron chi connectivity index (χ0n) is 18.9. The quantitative estimate of drug-likeness (QED) is 0.662. The number of halogens is 1. The second-order valence-electron chi connectivity index (χ2n) is 8.25. The third kappa shape index (κ3) is 5.54. The van der Waals surface area contributed by atoms with Crippen molar-refractivity contribution in [3.8, 4) is 0 Å². The maximum atomic E-state index is 15.0. The highest BCUT2D eigenvalue weighted by Crippen LogP contribution is 2.28. The number of carbonyl (C=O) groups is 3. The predicted molar refractivity (Wildman–Crippen MR) is 127 cm³/mol. The maximum absolute atomic E-state index is 15.0. The summed E-state index contributed by atoms with van der Waals surface area (Å²) < 4.78 is 20.2. The Morgan fingerprint density at radius 2 is 1.85 bits per heavy atom. The monoisotopic (exact) mass is 466 g/mol. The number of amides is 3. The minimum absolute atomic E-state index is 0.0688. The Kier molecular flexibility index (Phi) is 7.10. The molecule has 4 rings (SSSR count). The smallest absolute Gasteiger partial charge is 0.414 e. The number of hydrogen-bond donors (Lipinski definition) is 1.